The van der Waals surface area contributed by atoms with Gasteiger partial charge >= 0.3 is 48.7 Å². The first-order valence-corrected chi connectivity index (χ1v) is 26.1. The molecule has 0 aromatic carbocycles. The van der Waals surface area contributed by atoms with E-state index in [0.717, 1.165) is 12.2 Å². The number of alkyl halides is 6. The van der Waals surface area contributed by atoms with Crippen molar-refractivity contribution >= 4 is 36.3 Å². The molecule has 26 heteroatoms. The number of amides is 4. The number of halogens is 6. The quantitative estimate of drug-likeness (QED) is 0.0162. The van der Waals surface area contributed by atoms with Crippen LogP contribution in [0.1, 0.15) is 108 Å². The van der Waals surface area contributed by atoms with Gasteiger partial charge in [0.25, 0.3) is 0 Å². The molecule has 0 radical (unpaired) electrons. The molecule has 0 aliphatic heterocycles. The van der Waals surface area contributed by atoms with Crippen molar-refractivity contribution in [2.75, 3.05) is 106 Å². The molecule has 4 N–H and O–H groups in total. The Hall–Kier alpha value is -5.08. The topological polar surface area (TPSA) is 243 Å². The number of rotatable bonds is 32. The summed E-state index contributed by atoms with van der Waals surface area (Å²) >= 11 is 0. The van der Waals surface area contributed by atoms with E-state index in [9.17, 15) is 55.1 Å². The zero-order valence-corrected chi connectivity index (χ0v) is 47.6. The average Bonchev–Trinajstić information content (AvgIpc) is 3.32. The molecule has 2 fully saturated rings. The van der Waals surface area contributed by atoms with Crippen molar-refractivity contribution in [2.24, 2.45) is 37.9 Å². The molecular weight excluding hydrogens is 1060 g/mol. The molecule has 6 unspecified atom stereocenters. The molecule has 0 heterocycles. The number of esters is 2. The minimum Gasteiger partial charge on any atom is -0.459 e. The molecule has 2 aliphatic carbocycles. The van der Waals surface area contributed by atoms with Crippen molar-refractivity contribution in [1.82, 2.24) is 21.3 Å². The van der Waals surface area contributed by atoms with Crippen LogP contribution in [0.15, 0.2) is 25.3 Å². The second kappa shape index (κ2) is 30.7. The summed E-state index contributed by atoms with van der Waals surface area (Å²) in [5, 5.41) is 11.2. The van der Waals surface area contributed by atoms with E-state index in [4.69, 9.17) is 47.4 Å². The molecule has 2 rings (SSSR count). The zero-order chi connectivity index (χ0) is 60.0. The number of ether oxygens (including phenoxy) is 10. The van der Waals surface area contributed by atoms with Crippen LogP contribution in [-0.4, -0.2) is 166 Å². The monoisotopic (exact) mass is 1150 g/mol. The van der Waals surface area contributed by atoms with Crippen LogP contribution in [0.3, 0.4) is 0 Å². The van der Waals surface area contributed by atoms with E-state index >= 15 is 0 Å². The van der Waals surface area contributed by atoms with E-state index in [1.165, 1.54) is 13.8 Å². The SMILES string of the molecule is C=CC(=O)OCCOC(=O)NC1CCC(C)(CNC(=O)OCC(C)(COCC(F)(F)F)COCC(C)(C)COCC(C)(COCC(F)(F)F)COC(=O)NCC2(C)CCC(NC(=O)OCCOC(=O)C=C)C(C)(C)C2)CC1(C)C. The second-order valence-electron chi connectivity index (χ2n) is 24.3. The fraction of sp³-hybridized carbons (Fsp3) is 0.811. The summed E-state index contributed by atoms with van der Waals surface area (Å²) in [7, 11) is 0. The maximum atomic E-state index is 13.1. The van der Waals surface area contributed by atoms with Crippen molar-refractivity contribution in [3.8, 4) is 0 Å². The van der Waals surface area contributed by atoms with E-state index < -0.39 is 126 Å². The Morgan fingerprint density at radius 2 is 0.785 bits per heavy atom. The third-order valence-electron chi connectivity index (χ3n) is 13.5. The van der Waals surface area contributed by atoms with Gasteiger partial charge in [0.2, 0.25) is 0 Å². The standard InChI is InChI=1S/C53H86F6N4O16/c1-13-39(64)74-19-21-76-43(68)62-37-15-17-48(9,23-46(37,5)6)25-60-41(66)78-33-50(11,31-72-35-52(54,55)56)29-70-27-45(3,4)28-71-30-51(12,32-73-36-53(57,58)59)34-79-42(67)61-26-49(10)18-16-38(47(7,8)24-49)63-44(69)77-22-20-75-40(65)14-2/h13-14,37-38H,1-2,15-36H2,3-12H3,(H,60,66)(H,61,67)(H,62,68)(H,63,69). The summed E-state index contributed by atoms with van der Waals surface area (Å²) < 4.78 is 132. The fourth-order valence-corrected chi connectivity index (χ4v) is 9.68. The Morgan fingerprint density at radius 3 is 1.09 bits per heavy atom. The fourth-order valence-electron chi connectivity index (χ4n) is 9.68. The Balaban J connectivity index is 1.95. The van der Waals surface area contributed by atoms with Crippen molar-refractivity contribution in [1.29, 1.82) is 0 Å². The molecule has 79 heavy (non-hydrogen) atoms. The first-order chi connectivity index (χ1) is 36.4. The van der Waals surface area contributed by atoms with Gasteiger partial charge in [0.15, 0.2) is 0 Å². The number of nitrogens with one attached hydrogen (secondary N) is 4. The molecule has 0 spiro atoms. The van der Waals surface area contributed by atoms with Gasteiger partial charge in [-0.3, -0.25) is 0 Å². The van der Waals surface area contributed by atoms with E-state index in [1.54, 1.807) is 13.8 Å². The van der Waals surface area contributed by atoms with Gasteiger partial charge in [0, 0.05) is 53.6 Å². The first kappa shape index (κ1) is 70.0. The van der Waals surface area contributed by atoms with Gasteiger partial charge in [-0.2, -0.15) is 26.3 Å². The number of hydrogen-bond donors (Lipinski definition) is 4. The molecule has 20 nitrogen and oxygen atoms in total. The van der Waals surface area contributed by atoms with Gasteiger partial charge < -0.3 is 68.6 Å². The third-order valence-corrected chi connectivity index (χ3v) is 13.5. The molecule has 0 saturated heterocycles. The summed E-state index contributed by atoms with van der Waals surface area (Å²) in [5.74, 6) is -1.29. The molecule has 0 bridgehead atoms. The summed E-state index contributed by atoms with van der Waals surface area (Å²) in [4.78, 5) is 73.5. The lowest BCUT2D eigenvalue weighted by atomic mass is 9.62. The van der Waals surface area contributed by atoms with E-state index in [1.807, 2.05) is 41.5 Å². The zero-order valence-electron chi connectivity index (χ0n) is 47.6. The summed E-state index contributed by atoms with van der Waals surface area (Å²) in [6.45, 7) is 19.3. The minimum absolute atomic E-state index is 0.0351. The van der Waals surface area contributed by atoms with E-state index in [2.05, 4.69) is 34.4 Å². The summed E-state index contributed by atoms with van der Waals surface area (Å²) in [6.07, 6.45) is -6.85. The lowest BCUT2D eigenvalue weighted by molar-refractivity contribution is -0.186. The van der Waals surface area contributed by atoms with Crippen LogP contribution in [0, 0.1) is 37.9 Å². The van der Waals surface area contributed by atoms with Crippen molar-refractivity contribution < 1.29 is 102 Å². The van der Waals surface area contributed by atoms with Crippen LogP contribution in [0.4, 0.5) is 45.5 Å². The highest BCUT2D eigenvalue weighted by Crippen LogP contribution is 2.47. The number of hydrogen-bond acceptors (Lipinski definition) is 16. The largest absolute Gasteiger partial charge is 0.459 e. The molecule has 0 aromatic rings. The third kappa shape index (κ3) is 28.8. The molecule has 2 saturated carbocycles. The Labute approximate surface area is 460 Å². The molecule has 2 aliphatic rings. The average molecular weight is 1150 g/mol. The van der Waals surface area contributed by atoms with Crippen LogP contribution in [0.2, 0.25) is 0 Å². The predicted octanol–water partition coefficient (Wildman–Crippen LogP) is 8.75. The minimum atomic E-state index is -4.63. The van der Waals surface area contributed by atoms with Crippen LogP contribution in [0.5, 0.6) is 0 Å². The Morgan fingerprint density at radius 1 is 0.468 bits per heavy atom. The van der Waals surface area contributed by atoms with E-state index in [-0.39, 0.29) is 78.0 Å². The van der Waals surface area contributed by atoms with Crippen LogP contribution in [-0.2, 0) is 57.0 Å². The molecule has 4 amide bonds. The van der Waals surface area contributed by atoms with Crippen LogP contribution < -0.4 is 21.3 Å². The first-order valence-electron chi connectivity index (χ1n) is 26.1. The summed E-state index contributed by atoms with van der Waals surface area (Å²) in [5.41, 5.74) is -5.06. The Bertz CT molecular complexity index is 1870. The molecular formula is C53H86F6N4O16. The van der Waals surface area contributed by atoms with Crippen molar-refractivity contribution in [3.63, 3.8) is 0 Å². The maximum absolute atomic E-state index is 13.1. The van der Waals surface area contributed by atoms with Gasteiger partial charge in [0.05, 0.1) is 39.6 Å². The maximum Gasteiger partial charge on any atom is 0.411 e. The molecule has 456 valence electrons. The summed E-state index contributed by atoms with van der Waals surface area (Å²) in [6, 6.07) is -0.542. The van der Waals surface area contributed by atoms with Gasteiger partial charge in [-0.05, 0) is 60.2 Å². The molecule has 0 aromatic heterocycles. The number of carbonyl (C=O) groups is 6. The highest BCUT2D eigenvalue weighted by atomic mass is 19.4. The van der Waals surface area contributed by atoms with Crippen LogP contribution in [0.25, 0.3) is 0 Å². The number of carbonyl (C=O) groups excluding carboxylic acids is 6. The van der Waals surface area contributed by atoms with Gasteiger partial charge in [0.1, 0.15) is 52.9 Å². The molecule has 6 atom stereocenters. The highest BCUT2D eigenvalue weighted by molar-refractivity contribution is 5.81. The normalized spacial score (nSPS) is 22.5. The lowest BCUT2D eigenvalue weighted by Crippen LogP contribution is -2.53. The van der Waals surface area contributed by atoms with Gasteiger partial charge in [-0.1, -0.05) is 82.4 Å². The van der Waals surface area contributed by atoms with Gasteiger partial charge in [-0.15, -0.1) is 0 Å². The second-order valence-corrected chi connectivity index (χ2v) is 24.3. The van der Waals surface area contributed by atoms with Crippen molar-refractivity contribution in [2.45, 2.75) is 132 Å². The van der Waals surface area contributed by atoms with Gasteiger partial charge in [-0.25, -0.2) is 28.8 Å². The highest BCUT2D eigenvalue weighted by Gasteiger charge is 2.46. The smallest absolute Gasteiger partial charge is 0.411 e. The van der Waals surface area contributed by atoms with E-state index in [0.29, 0.717) is 38.5 Å². The lowest BCUT2D eigenvalue weighted by Gasteiger charge is -2.47. The van der Waals surface area contributed by atoms with Crippen molar-refractivity contribution in [3.05, 3.63) is 25.3 Å². The predicted molar refractivity (Wildman–Crippen MR) is 274 cm³/mol. The number of alkyl carbamates (subject to hydrolysis) is 4. The van der Waals surface area contributed by atoms with Crippen LogP contribution >= 0.6 is 0 Å². The Kier molecular flexibility index (Phi) is 27.2.